The monoisotopic (exact) mass is 187 g/mol. The molecule has 1 nitrogen and oxygen atoms in total. The van der Waals surface area contributed by atoms with Crippen LogP contribution in [0.4, 0.5) is 0 Å². The summed E-state index contributed by atoms with van der Waals surface area (Å²) in [6, 6.07) is 0. The Labute approximate surface area is 80.7 Å². The second-order valence-corrected chi connectivity index (χ2v) is 5.50. The van der Waals surface area contributed by atoms with Crippen molar-refractivity contribution in [3.8, 4) is 0 Å². The highest BCUT2D eigenvalue weighted by Gasteiger charge is 2.19. The molecule has 72 valence electrons. The fourth-order valence-electron chi connectivity index (χ4n) is 1.29. The molecule has 0 spiro atoms. The molecule has 1 aliphatic rings. The average molecular weight is 187 g/mol. The Balaban J connectivity index is 2.15. The molecule has 0 aromatic heterocycles. The zero-order valence-electron chi connectivity index (χ0n) is 8.52. The Kier molecular flexibility index (Phi) is 3.91. The predicted molar refractivity (Wildman–Crippen MR) is 57.8 cm³/mol. The minimum absolute atomic E-state index is 0.341. The molecular formula is C10H21NS. The third-order valence-corrected chi connectivity index (χ3v) is 4.01. The molecule has 1 aliphatic heterocycles. The standard InChI is InChI=1S/C10H21NS/c1-4-10(2,3)11-7-9-5-6-12-8-9/h9,11H,4-8H2,1-3H3. The molecule has 0 aromatic rings. The first-order valence-electron chi connectivity index (χ1n) is 4.97. The normalized spacial score (nSPS) is 24.8. The van der Waals surface area contributed by atoms with Crippen molar-refractivity contribution in [3.63, 3.8) is 0 Å². The van der Waals surface area contributed by atoms with E-state index in [-0.39, 0.29) is 0 Å². The lowest BCUT2D eigenvalue weighted by Gasteiger charge is -2.26. The molecule has 0 aromatic carbocycles. The van der Waals surface area contributed by atoms with Gasteiger partial charge in [0, 0.05) is 5.54 Å². The topological polar surface area (TPSA) is 12.0 Å². The van der Waals surface area contributed by atoms with Gasteiger partial charge in [0.05, 0.1) is 0 Å². The van der Waals surface area contributed by atoms with E-state index >= 15 is 0 Å². The molecule has 1 fully saturated rings. The Morgan fingerprint density at radius 3 is 2.75 bits per heavy atom. The van der Waals surface area contributed by atoms with Crippen LogP contribution in [0.1, 0.15) is 33.6 Å². The molecule has 1 saturated heterocycles. The number of rotatable bonds is 4. The van der Waals surface area contributed by atoms with Gasteiger partial charge in [-0.3, -0.25) is 0 Å². The van der Waals surface area contributed by atoms with Gasteiger partial charge in [0.2, 0.25) is 0 Å². The molecule has 1 N–H and O–H groups in total. The van der Waals surface area contributed by atoms with E-state index in [0.717, 1.165) is 5.92 Å². The van der Waals surface area contributed by atoms with Gasteiger partial charge in [-0.15, -0.1) is 0 Å². The number of hydrogen-bond donors (Lipinski definition) is 1. The molecule has 0 bridgehead atoms. The number of thioether (sulfide) groups is 1. The summed E-state index contributed by atoms with van der Waals surface area (Å²) in [6.07, 6.45) is 2.63. The highest BCUT2D eigenvalue weighted by molar-refractivity contribution is 7.99. The van der Waals surface area contributed by atoms with E-state index < -0.39 is 0 Å². The van der Waals surface area contributed by atoms with Crippen LogP contribution in [0.5, 0.6) is 0 Å². The van der Waals surface area contributed by atoms with Crippen LogP contribution in [-0.2, 0) is 0 Å². The predicted octanol–water partition coefficient (Wildman–Crippen LogP) is 2.52. The fourth-order valence-corrected chi connectivity index (χ4v) is 2.57. The minimum Gasteiger partial charge on any atom is -0.311 e. The van der Waals surface area contributed by atoms with Crippen molar-refractivity contribution in [2.45, 2.75) is 39.2 Å². The number of nitrogens with one attached hydrogen (secondary N) is 1. The van der Waals surface area contributed by atoms with Crippen molar-refractivity contribution in [2.24, 2.45) is 5.92 Å². The summed E-state index contributed by atoms with van der Waals surface area (Å²) in [7, 11) is 0. The van der Waals surface area contributed by atoms with Gasteiger partial charge >= 0.3 is 0 Å². The van der Waals surface area contributed by atoms with Crippen LogP contribution >= 0.6 is 11.8 Å². The molecule has 1 atom stereocenters. The van der Waals surface area contributed by atoms with Crippen LogP contribution in [0.25, 0.3) is 0 Å². The summed E-state index contributed by atoms with van der Waals surface area (Å²) in [4.78, 5) is 0. The van der Waals surface area contributed by atoms with Crippen LogP contribution < -0.4 is 5.32 Å². The van der Waals surface area contributed by atoms with Crippen LogP contribution in [-0.4, -0.2) is 23.6 Å². The maximum atomic E-state index is 3.64. The second kappa shape index (κ2) is 4.52. The number of hydrogen-bond acceptors (Lipinski definition) is 2. The van der Waals surface area contributed by atoms with Gasteiger partial charge in [0.25, 0.3) is 0 Å². The van der Waals surface area contributed by atoms with E-state index in [1.807, 2.05) is 0 Å². The Bertz CT molecular complexity index is 128. The van der Waals surface area contributed by atoms with Crippen molar-refractivity contribution in [1.82, 2.24) is 5.32 Å². The second-order valence-electron chi connectivity index (χ2n) is 4.35. The third-order valence-electron chi connectivity index (χ3n) is 2.78. The van der Waals surface area contributed by atoms with Gasteiger partial charge in [-0.2, -0.15) is 11.8 Å². The van der Waals surface area contributed by atoms with E-state index in [2.05, 4.69) is 37.8 Å². The van der Waals surface area contributed by atoms with Crippen molar-refractivity contribution in [3.05, 3.63) is 0 Å². The molecular weight excluding hydrogens is 166 g/mol. The first kappa shape index (κ1) is 10.4. The van der Waals surface area contributed by atoms with Gasteiger partial charge < -0.3 is 5.32 Å². The van der Waals surface area contributed by atoms with Crippen molar-refractivity contribution >= 4 is 11.8 Å². The fraction of sp³-hybridized carbons (Fsp3) is 1.00. The maximum Gasteiger partial charge on any atom is 0.0122 e. The zero-order chi connectivity index (χ0) is 9.03. The lowest BCUT2D eigenvalue weighted by atomic mass is 10.0. The van der Waals surface area contributed by atoms with Gasteiger partial charge in [0.15, 0.2) is 0 Å². The largest absolute Gasteiger partial charge is 0.311 e. The quantitative estimate of drug-likeness (QED) is 0.726. The van der Waals surface area contributed by atoms with Gasteiger partial charge in [-0.05, 0) is 50.7 Å². The summed E-state index contributed by atoms with van der Waals surface area (Å²) < 4.78 is 0. The summed E-state index contributed by atoms with van der Waals surface area (Å²) in [5, 5.41) is 3.64. The smallest absolute Gasteiger partial charge is 0.0122 e. The molecule has 1 unspecified atom stereocenters. The first-order chi connectivity index (χ1) is 5.64. The summed E-state index contributed by atoms with van der Waals surface area (Å²) >= 11 is 2.10. The van der Waals surface area contributed by atoms with E-state index in [1.165, 1.54) is 30.9 Å². The van der Waals surface area contributed by atoms with Gasteiger partial charge in [-0.25, -0.2) is 0 Å². The minimum atomic E-state index is 0.341. The van der Waals surface area contributed by atoms with Gasteiger partial charge in [0.1, 0.15) is 0 Å². The molecule has 0 radical (unpaired) electrons. The molecule has 0 aliphatic carbocycles. The van der Waals surface area contributed by atoms with E-state index in [9.17, 15) is 0 Å². The lowest BCUT2D eigenvalue weighted by Crippen LogP contribution is -2.41. The van der Waals surface area contributed by atoms with Crippen LogP contribution in [0.15, 0.2) is 0 Å². The molecule has 1 rings (SSSR count). The molecule has 0 amide bonds. The van der Waals surface area contributed by atoms with Crippen molar-refractivity contribution < 1.29 is 0 Å². The van der Waals surface area contributed by atoms with E-state index in [0.29, 0.717) is 5.54 Å². The van der Waals surface area contributed by atoms with E-state index in [4.69, 9.17) is 0 Å². The molecule has 1 heterocycles. The molecule has 12 heavy (non-hydrogen) atoms. The highest BCUT2D eigenvalue weighted by Crippen LogP contribution is 2.23. The Morgan fingerprint density at radius 1 is 1.50 bits per heavy atom. The van der Waals surface area contributed by atoms with Gasteiger partial charge in [-0.1, -0.05) is 6.92 Å². The lowest BCUT2D eigenvalue weighted by molar-refractivity contribution is 0.348. The third kappa shape index (κ3) is 3.36. The van der Waals surface area contributed by atoms with E-state index in [1.54, 1.807) is 0 Å². The zero-order valence-corrected chi connectivity index (χ0v) is 9.34. The van der Waals surface area contributed by atoms with Crippen molar-refractivity contribution in [1.29, 1.82) is 0 Å². The maximum absolute atomic E-state index is 3.64. The Hall–Kier alpha value is 0.310. The summed E-state index contributed by atoms with van der Waals surface area (Å²) in [5.74, 6) is 3.67. The molecule has 2 heteroatoms. The van der Waals surface area contributed by atoms with Crippen molar-refractivity contribution in [2.75, 3.05) is 18.1 Å². The van der Waals surface area contributed by atoms with Crippen LogP contribution in [0.2, 0.25) is 0 Å². The first-order valence-corrected chi connectivity index (χ1v) is 6.12. The van der Waals surface area contributed by atoms with Crippen LogP contribution in [0, 0.1) is 5.92 Å². The average Bonchev–Trinajstić information content (AvgIpc) is 2.53. The molecule has 0 saturated carbocycles. The van der Waals surface area contributed by atoms with Crippen LogP contribution in [0.3, 0.4) is 0 Å². The summed E-state index contributed by atoms with van der Waals surface area (Å²) in [5.41, 5.74) is 0.341. The Morgan fingerprint density at radius 2 is 2.25 bits per heavy atom. The SMILES string of the molecule is CCC(C)(C)NCC1CCSC1. The summed E-state index contributed by atoms with van der Waals surface area (Å²) in [6.45, 7) is 8.04. The highest BCUT2D eigenvalue weighted by atomic mass is 32.2.